The molecule has 0 fully saturated rings. The van der Waals surface area contributed by atoms with E-state index < -0.39 is 5.82 Å². The third-order valence-corrected chi connectivity index (χ3v) is 2.96. The van der Waals surface area contributed by atoms with Crippen LogP contribution in [-0.2, 0) is 0 Å². The number of hydrogen-bond acceptors (Lipinski definition) is 3. The number of aromatic nitrogens is 1. The van der Waals surface area contributed by atoms with E-state index in [1.807, 2.05) is 19.1 Å². The average molecular weight is 281 g/mol. The molecule has 2 unspecified atom stereocenters. The number of nitrogens with zero attached hydrogens (tertiary/aromatic N) is 1. The van der Waals surface area contributed by atoms with Crippen molar-refractivity contribution in [3.8, 4) is 5.75 Å². The van der Waals surface area contributed by atoms with Crippen LogP contribution in [0.1, 0.15) is 18.6 Å². The molecule has 0 aliphatic heterocycles. The van der Waals surface area contributed by atoms with Crippen molar-refractivity contribution in [2.24, 2.45) is 5.73 Å². The molecule has 0 radical (unpaired) electrons. The average Bonchev–Trinajstić information content (AvgIpc) is 2.40. The highest BCUT2D eigenvalue weighted by atomic mass is 35.5. The standard InChI is InChI=1S/C14H14ClFN2O/c1-9(17)14(10-4-6-18-7-5-10)19-11-2-3-13(16)12(15)8-11/h2-9,14H,17H2,1H3. The van der Waals surface area contributed by atoms with E-state index in [0.29, 0.717) is 5.75 Å². The third kappa shape index (κ3) is 3.43. The molecule has 1 aromatic heterocycles. The van der Waals surface area contributed by atoms with E-state index in [9.17, 15) is 4.39 Å². The van der Waals surface area contributed by atoms with Gasteiger partial charge in [-0.25, -0.2) is 4.39 Å². The molecule has 0 amide bonds. The SMILES string of the molecule is CC(N)C(Oc1ccc(F)c(Cl)c1)c1ccncc1. The van der Waals surface area contributed by atoms with Gasteiger partial charge in [-0.3, -0.25) is 4.98 Å². The van der Waals surface area contributed by atoms with Gasteiger partial charge >= 0.3 is 0 Å². The molecule has 3 nitrogen and oxygen atoms in total. The van der Waals surface area contributed by atoms with Crippen molar-refractivity contribution < 1.29 is 9.13 Å². The summed E-state index contributed by atoms with van der Waals surface area (Å²) in [6.45, 7) is 1.84. The Morgan fingerprint density at radius 3 is 2.53 bits per heavy atom. The summed E-state index contributed by atoms with van der Waals surface area (Å²) in [5, 5.41) is 0.0238. The van der Waals surface area contributed by atoms with Crippen LogP contribution in [0.15, 0.2) is 42.7 Å². The lowest BCUT2D eigenvalue weighted by molar-refractivity contribution is 0.180. The second-order valence-electron chi connectivity index (χ2n) is 4.25. The second kappa shape index (κ2) is 5.99. The smallest absolute Gasteiger partial charge is 0.142 e. The van der Waals surface area contributed by atoms with Crippen molar-refractivity contribution >= 4 is 11.6 Å². The molecule has 100 valence electrons. The molecule has 2 aromatic rings. The minimum atomic E-state index is -0.477. The molecule has 5 heteroatoms. The van der Waals surface area contributed by atoms with Crippen LogP contribution in [0.25, 0.3) is 0 Å². The summed E-state index contributed by atoms with van der Waals surface area (Å²) in [7, 11) is 0. The van der Waals surface area contributed by atoms with Gasteiger partial charge in [0.25, 0.3) is 0 Å². The summed E-state index contributed by atoms with van der Waals surface area (Å²) in [6.07, 6.45) is 3.00. The van der Waals surface area contributed by atoms with Gasteiger partial charge in [0.1, 0.15) is 17.7 Å². The highest BCUT2D eigenvalue weighted by Gasteiger charge is 2.18. The van der Waals surface area contributed by atoms with Crippen molar-refractivity contribution in [2.45, 2.75) is 19.1 Å². The molecular weight excluding hydrogens is 267 g/mol. The normalized spacial score (nSPS) is 13.9. The van der Waals surface area contributed by atoms with Crippen LogP contribution in [0, 0.1) is 5.82 Å². The maximum absolute atomic E-state index is 13.1. The quantitative estimate of drug-likeness (QED) is 0.934. The summed E-state index contributed by atoms with van der Waals surface area (Å²) in [5.41, 5.74) is 6.84. The van der Waals surface area contributed by atoms with E-state index >= 15 is 0 Å². The Bertz CT molecular complexity index is 548. The summed E-state index contributed by atoms with van der Waals surface area (Å²) < 4.78 is 18.9. The number of ether oxygens (including phenoxy) is 1. The van der Waals surface area contributed by atoms with Crippen molar-refractivity contribution in [3.63, 3.8) is 0 Å². The molecule has 0 aliphatic rings. The third-order valence-electron chi connectivity index (χ3n) is 2.67. The number of benzene rings is 1. The van der Waals surface area contributed by atoms with E-state index in [0.717, 1.165) is 5.56 Å². The van der Waals surface area contributed by atoms with E-state index in [2.05, 4.69) is 4.98 Å². The van der Waals surface area contributed by atoms with Crippen molar-refractivity contribution in [1.82, 2.24) is 4.98 Å². The summed E-state index contributed by atoms with van der Waals surface area (Å²) in [6, 6.07) is 7.66. The Morgan fingerprint density at radius 1 is 1.26 bits per heavy atom. The van der Waals surface area contributed by atoms with Gasteiger partial charge in [0.2, 0.25) is 0 Å². The fraction of sp³-hybridized carbons (Fsp3) is 0.214. The van der Waals surface area contributed by atoms with Gasteiger partial charge in [-0.2, -0.15) is 0 Å². The molecule has 2 atom stereocenters. The van der Waals surface area contributed by atoms with E-state index in [1.54, 1.807) is 12.4 Å². The predicted octanol–water partition coefficient (Wildman–Crippen LogP) is 3.34. The van der Waals surface area contributed by atoms with Gasteiger partial charge < -0.3 is 10.5 Å². The zero-order chi connectivity index (χ0) is 13.8. The first-order valence-electron chi connectivity index (χ1n) is 5.85. The van der Waals surface area contributed by atoms with Crippen molar-refractivity contribution in [3.05, 3.63) is 59.1 Å². The largest absolute Gasteiger partial charge is 0.484 e. The lowest BCUT2D eigenvalue weighted by atomic mass is 10.1. The number of rotatable bonds is 4. The molecule has 0 saturated heterocycles. The van der Waals surface area contributed by atoms with Crippen LogP contribution < -0.4 is 10.5 Å². The number of nitrogens with two attached hydrogens (primary N) is 1. The Labute approximate surface area is 116 Å². The van der Waals surface area contributed by atoms with E-state index in [-0.39, 0.29) is 17.2 Å². The van der Waals surface area contributed by atoms with Crippen molar-refractivity contribution in [1.29, 1.82) is 0 Å². The molecule has 0 aliphatic carbocycles. The zero-order valence-corrected chi connectivity index (χ0v) is 11.1. The molecule has 2 N–H and O–H groups in total. The van der Waals surface area contributed by atoms with Gasteiger partial charge in [0, 0.05) is 24.5 Å². The van der Waals surface area contributed by atoms with E-state index in [1.165, 1.54) is 18.2 Å². The molecule has 0 spiro atoms. The topological polar surface area (TPSA) is 48.1 Å². The highest BCUT2D eigenvalue weighted by Crippen LogP contribution is 2.27. The number of pyridine rings is 1. The maximum atomic E-state index is 13.1. The predicted molar refractivity (Wildman–Crippen MR) is 72.7 cm³/mol. The van der Waals surface area contributed by atoms with Crippen molar-refractivity contribution in [2.75, 3.05) is 0 Å². The molecule has 1 heterocycles. The minimum absolute atomic E-state index is 0.0238. The van der Waals surface area contributed by atoms with E-state index in [4.69, 9.17) is 22.1 Å². The van der Waals surface area contributed by atoms with Crippen LogP contribution in [0.3, 0.4) is 0 Å². The maximum Gasteiger partial charge on any atom is 0.142 e. The van der Waals surface area contributed by atoms with Crippen LogP contribution in [0.2, 0.25) is 5.02 Å². The Morgan fingerprint density at radius 2 is 1.95 bits per heavy atom. The molecule has 19 heavy (non-hydrogen) atoms. The van der Waals surface area contributed by atoms with Gasteiger partial charge in [-0.05, 0) is 36.8 Å². The number of halogens is 2. The summed E-state index contributed by atoms with van der Waals surface area (Å²) >= 11 is 5.73. The van der Waals surface area contributed by atoms with Crippen LogP contribution in [-0.4, -0.2) is 11.0 Å². The van der Waals surface area contributed by atoms with Gasteiger partial charge in [-0.15, -0.1) is 0 Å². The first-order valence-corrected chi connectivity index (χ1v) is 6.23. The first-order chi connectivity index (χ1) is 9.08. The minimum Gasteiger partial charge on any atom is -0.484 e. The second-order valence-corrected chi connectivity index (χ2v) is 4.66. The Hall–Kier alpha value is -1.65. The van der Waals surface area contributed by atoms with Crippen LogP contribution in [0.4, 0.5) is 4.39 Å². The number of hydrogen-bond donors (Lipinski definition) is 1. The van der Waals surface area contributed by atoms with Gasteiger partial charge in [-0.1, -0.05) is 11.6 Å². The monoisotopic (exact) mass is 280 g/mol. The molecular formula is C14H14ClFN2O. The molecule has 0 saturated carbocycles. The van der Waals surface area contributed by atoms with Crippen LogP contribution >= 0.6 is 11.6 Å². The molecule has 2 rings (SSSR count). The fourth-order valence-corrected chi connectivity index (χ4v) is 1.90. The lowest BCUT2D eigenvalue weighted by Crippen LogP contribution is -2.29. The first kappa shape index (κ1) is 13.8. The zero-order valence-electron chi connectivity index (χ0n) is 10.4. The fourth-order valence-electron chi connectivity index (χ4n) is 1.73. The lowest BCUT2D eigenvalue weighted by Gasteiger charge is -2.23. The summed E-state index contributed by atoms with van der Waals surface area (Å²) in [5.74, 6) is 0.000729. The Kier molecular flexibility index (Phi) is 4.35. The highest BCUT2D eigenvalue weighted by molar-refractivity contribution is 6.30. The van der Waals surface area contributed by atoms with Crippen LogP contribution in [0.5, 0.6) is 5.75 Å². The Balaban J connectivity index is 2.24. The van der Waals surface area contributed by atoms with Gasteiger partial charge in [0.15, 0.2) is 0 Å². The molecule has 0 bridgehead atoms. The molecule has 1 aromatic carbocycles. The summed E-state index contributed by atoms with van der Waals surface area (Å²) in [4.78, 5) is 3.95. The van der Waals surface area contributed by atoms with Gasteiger partial charge in [0.05, 0.1) is 5.02 Å².